The Balaban J connectivity index is 2.90. The molecule has 0 spiro atoms. The van der Waals surface area contributed by atoms with Gasteiger partial charge in [-0.05, 0) is 18.2 Å². The van der Waals surface area contributed by atoms with Crippen LogP contribution in [0.1, 0.15) is 10.4 Å². The lowest BCUT2D eigenvalue weighted by atomic mass is 10.1. The van der Waals surface area contributed by atoms with Crippen LogP contribution in [0.3, 0.4) is 0 Å². The molecule has 1 aromatic carbocycles. The number of anilines is 1. The van der Waals surface area contributed by atoms with Crippen LogP contribution in [0.25, 0.3) is 0 Å². The quantitative estimate of drug-likeness (QED) is 0.726. The largest absolute Gasteiger partial charge is 0.398 e. The lowest BCUT2D eigenvalue weighted by Gasteiger charge is -2.22. The SMILES string of the molecule is COCCN(CCO)C(=O)c1cc(F)ccc1N. The number of aliphatic hydroxyl groups is 1. The van der Waals surface area contributed by atoms with Crippen molar-refractivity contribution in [3.63, 3.8) is 0 Å². The monoisotopic (exact) mass is 256 g/mol. The number of benzene rings is 1. The zero-order chi connectivity index (χ0) is 13.5. The second kappa shape index (κ2) is 6.93. The van der Waals surface area contributed by atoms with Crippen LogP contribution in [0.5, 0.6) is 0 Å². The van der Waals surface area contributed by atoms with Gasteiger partial charge in [0.05, 0.1) is 18.8 Å². The number of amides is 1. The zero-order valence-electron chi connectivity index (χ0n) is 10.2. The average molecular weight is 256 g/mol. The van der Waals surface area contributed by atoms with Gasteiger partial charge >= 0.3 is 0 Å². The van der Waals surface area contributed by atoms with Gasteiger partial charge in [-0.25, -0.2) is 4.39 Å². The van der Waals surface area contributed by atoms with E-state index >= 15 is 0 Å². The van der Waals surface area contributed by atoms with Gasteiger partial charge in [-0.3, -0.25) is 4.79 Å². The summed E-state index contributed by atoms with van der Waals surface area (Å²) in [6.45, 7) is 0.621. The Morgan fingerprint density at radius 2 is 2.22 bits per heavy atom. The van der Waals surface area contributed by atoms with Crippen molar-refractivity contribution in [3.05, 3.63) is 29.6 Å². The van der Waals surface area contributed by atoms with Crippen molar-refractivity contribution in [3.8, 4) is 0 Å². The van der Waals surface area contributed by atoms with Crippen LogP contribution in [0, 0.1) is 5.82 Å². The average Bonchev–Trinajstić information content (AvgIpc) is 2.36. The molecule has 5 nitrogen and oxygen atoms in total. The molecule has 0 unspecified atom stereocenters. The van der Waals surface area contributed by atoms with E-state index in [9.17, 15) is 9.18 Å². The van der Waals surface area contributed by atoms with Crippen LogP contribution in [-0.4, -0.2) is 49.3 Å². The Kier molecular flexibility index (Phi) is 5.54. The number of aliphatic hydroxyl groups excluding tert-OH is 1. The fraction of sp³-hybridized carbons (Fsp3) is 0.417. The van der Waals surface area contributed by atoms with Gasteiger partial charge in [0.15, 0.2) is 0 Å². The normalized spacial score (nSPS) is 10.4. The Bertz CT molecular complexity index is 412. The van der Waals surface area contributed by atoms with E-state index in [0.29, 0.717) is 13.2 Å². The molecule has 0 aliphatic heterocycles. The molecule has 1 aromatic rings. The number of carbonyl (C=O) groups is 1. The van der Waals surface area contributed by atoms with E-state index in [2.05, 4.69) is 0 Å². The highest BCUT2D eigenvalue weighted by Crippen LogP contribution is 2.15. The molecular formula is C12H17FN2O3. The van der Waals surface area contributed by atoms with E-state index in [4.69, 9.17) is 15.6 Å². The third-order valence-electron chi connectivity index (χ3n) is 2.47. The second-order valence-electron chi connectivity index (χ2n) is 3.74. The topological polar surface area (TPSA) is 75.8 Å². The summed E-state index contributed by atoms with van der Waals surface area (Å²) >= 11 is 0. The van der Waals surface area contributed by atoms with Crippen molar-refractivity contribution in [2.45, 2.75) is 0 Å². The van der Waals surface area contributed by atoms with Crippen LogP contribution in [0.2, 0.25) is 0 Å². The first-order valence-corrected chi connectivity index (χ1v) is 5.54. The molecule has 6 heteroatoms. The van der Waals surface area contributed by atoms with Crippen LogP contribution in [0.4, 0.5) is 10.1 Å². The lowest BCUT2D eigenvalue weighted by molar-refractivity contribution is 0.0657. The number of nitrogens with two attached hydrogens (primary N) is 1. The highest BCUT2D eigenvalue weighted by Gasteiger charge is 2.18. The summed E-state index contributed by atoms with van der Waals surface area (Å²) in [5.41, 5.74) is 5.95. The smallest absolute Gasteiger partial charge is 0.256 e. The van der Waals surface area contributed by atoms with Crippen molar-refractivity contribution in [2.75, 3.05) is 39.1 Å². The van der Waals surface area contributed by atoms with E-state index in [1.807, 2.05) is 0 Å². The molecule has 0 aliphatic rings. The molecule has 100 valence electrons. The summed E-state index contributed by atoms with van der Waals surface area (Å²) < 4.78 is 18.0. The number of hydrogen-bond acceptors (Lipinski definition) is 4. The zero-order valence-corrected chi connectivity index (χ0v) is 10.2. The summed E-state index contributed by atoms with van der Waals surface area (Å²) in [6.07, 6.45) is 0. The first kappa shape index (κ1) is 14.4. The van der Waals surface area contributed by atoms with E-state index in [0.717, 1.165) is 6.07 Å². The standard InChI is InChI=1S/C12H17FN2O3/c1-18-7-5-15(4-6-16)12(17)10-8-9(13)2-3-11(10)14/h2-3,8,16H,4-7,14H2,1H3. The molecule has 0 atom stereocenters. The van der Waals surface area contributed by atoms with E-state index in [1.54, 1.807) is 0 Å². The minimum Gasteiger partial charge on any atom is -0.398 e. The predicted molar refractivity (Wildman–Crippen MR) is 65.7 cm³/mol. The Hall–Kier alpha value is -1.66. The summed E-state index contributed by atoms with van der Waals surface area (Å²) in [4.78, 5) is 13.5. The van der Waals surface area contributed by atoms with Crippen LogP contribution in [-0.2, 0) is 4.74 Å². The fourth-order valence-corrected chi connectivity index (χ4v) is 1.52. The highest BCUT2D eigenvalue weighted by atomic mass is 19.1. The molecule has 0 saturated carbocycles. The molecular weight excluding hydrogens is 239 g/mol. The first-order chi connectivity index (χ1) is 8.60. The van der Waals surface area contributed by atoms with Crippen LogP contribution < -0.4 is 5.73 Å². The molecule has 1 rings (SSSR count). The molecule has 0 saturated heterocycles. The van der Waals surface area contributed by atoms with Gasteiger partial charge < -0.3 is 20.5 Å². The van der Waals surface area contributed by atoms with E-state index in [-0.39, 0.29) is 24.4 Å². The Morgan fingerprint density at radius 3 is 2.83 bits per heavy atom. The molecule has 1 amide bonds. The van der Waals surface area contributed by atoms with Gasteiger partial charge in [-0.15, -0.1) is 0 Å². The maximum Gasteiger partial charge on any atom is 0.256 e. The van der Waals surface area contributed by atoms with Gasteiger partial charge in [0, 0.05) is 25.9 Å². The molecule has 0 heterocycles. The van der Waals surface area contributed by atoms with Crippen LogP contribution in [0.15, 0.2) is 18.2 Å². The number of hydrogen-bond donors (Lipinski definition) is 2. The third-order valence-corrected chi connectivity index (χ3v) is 2.47. The number of halogens is 1. The van der Waals surface area contributed by atoms with Crippen molar-refractivity contribution in [1.82, 2.24) is 4.90 Å². The Labute approximate surface area is 105 Å². The van der Waals surface area contributed by atoms with Crippen molar-refractivity contribution in [2.24, 2.45) is 0 Å². The number of rotatable bonds is 6. The maximum absolute atomic E-state index is 13.1. The summed E-state index contributed by atoms with van der Waals surface area (Å²) in [6, 6.07) is 3.63. The lowest BCUT2D eigenvalue weighted by Crippen LogP contribution is -2.36. The van der Waals surface area contributed by atoms with Gasteiger partial charge in [0.2, 0.25) is 0 Å². The summed E-state index contributed by atoms with van der Waals surface area (Å²) in [5, 5.41) is 8.92. The summed E-state index contributed by atoms with van der Waals surface area (Å²) in [5.74, 6) is -0.943. The van der Waals surface area contributed by atoms with Crippen molar-refractivity contribution in [1.29, 1.82) is 0 Å². The third kappa shape index (κ3) is 3.68. The minimum absolute atomic E-state index is 0.0968. The number of carbonyl (C=O) groups excluding carboxylic acids is 1. The van der Waals surface area contributed by atoms with Gasteiger partial charge in [-0.1, -0.05) is 0 Å². The number of methoxy groups -OCH3 is 1. The molecule has 0 bridgehead atoms. The van der Waals surface area contributed by atoms with Crippen LogP contribution >= 0.6 is 0 Å². The molecule has 3 N–H and O–H groups in total. The number of ether oxygens (including phenoxy) is 1. The Morgan fingerprint density at radius 1 is 1.50 bits per heavy atom. The van der Waals surface area contributed by atoms with E-state index < -0.39 is 11.7 Å². The van der Waals surface area contributed by atoms with Crippen molar-refractivity contribution < 1.29 is 19.0 Å². The number of nitrogens with zero attached hydrogens (tertiary/aromatic N) is 1. The molecule has 18 heavy (non-hydrogen) atoms. The van der Waals surface area contributed by atoms with Gasteiger partial charge in [0.1, 0.15) is 5.82 Å². The molecule has 0 fully saturated rings. The highest BCUT2D eigenvalue weighted by molar-refractivity contribution is 5.99. The maximum atomic E-state index is 13.1. The summed E-state index contributed by atoms with van der Waals surface area (Å²) in [7, 11) is 1.51. The van der Waals surface area contributed by atoms with E-state index in [1.165, 1.54) is 24.1 Å². The first-order valence-electron chi connectivity index (χ1n) is 5.54. The molecule has 0 aliphatic carbocycles. The predicted octanol–water partition coefficient (Wildman–Crippen LogP) is 0.489. The fourth-order valence-electron chi connectivity index (χ4n) is 1.52. The number of nitrogen functional groups attached to an aromatic ring is 1. The molecule has 0 radical (unpaired) electrons. The second-order valence-corrected chi connectivity index (χ2v) is 3.74. The minimum atomic E-state index is -0.525. The van der Waals surface area contributed by atoms with Crippen molar-refractivity contribution >= 4 is 11.6 Å². The molecule has 0 aromatic heterocycles. The van der Waals surface area contributed by atoms with Gasteiger partial charge in [-0.2, -0.15) is 0 Å². The van der Waals surface area contributed by atoms with Gasteiger partial charge in [0.25, 0.3) is 5.91 Å².